The molecule has 1 atom stereocenters. The maximum absolute atomic E-state index is 13.5. The number of nitrogen functional groups attached to an aromatic ring is 1. The summed E-state index contributed by atoms with van der Waals surface area (Å²) in [6, 6.07) is 2.10. The Bertz CT molecular complexity index is 521. The third-order valence-electron chi connectivity index (χ3n) is 3.02. The van der Waals surface area contributed by atoms with Gasteiger partial charge in [-0.1, -0.05) is 19.8 Å². The van der Waals surface area contributed by atoms with Crippen LogP contribution in [0.15, 0.2) is 17.0 Å². The number of hydrogen-bond acceptors (Lipinski definition) is 3. The summed E-state index contributed by atoms with van der Waals surface area (Å²) in [7, 11) is -3.72. The van der Waals surface area contributed by atoms with Gasteiger partial charge in [0.25, 0.3) is 0 Å². The van der Waals surface area contributed by atoms with Gasteiger partial charge in [-0.25, -0.2) is 17.5 Å². The van der Waals surface area contributed by atoms with Gasteiger partial charge in [-0.3, -0.25) is 0 Å². The molecule has 0 fully saturated rings. The summed E-state index contributed by atoms with van der Waals surface area (Å²) in [5.74, 6) is -0.610. The molecule has 0 aliphatic carbocycles. The van der Waals surface area contributed by atoms with E-state index in [4.69, 9.17) is 5.73 Å². The van der Waals surface area contributed by atoms with Gasteiger partial charge < -0.3 is 5.73 Å². The highest BCUT2D eigenvalue weighted by Gasteiger charge is 2.19. The van der Waals surface area contributed by atoms with Crippen LogP contribution in [0.4, 0.5) is 10.1 Å². The number of halogens is 1. The molecule has 19 heavy (non-hydrogen) atoms. The van der Waals surface area contributed by atoms with E-state index in [-0.39, 0.29) is 22.2 Å². The average Bonchev–Trinajstić information content (AvgIpc) is 2.32. The first-order valence-electron chi connectivity index (χ1n) is 6.36. The first-order valence-corrected chi connectivity index (χ1v) is 7.84. The zero-order chi connectivity index (χ0) is 14.6. The maximum Gasteiger partial charge on any atom is 0.240 e. The number of anilines is 1. The van der Waals surface area contributed by atoms with Crippen molar-refractivity contribution in [3.05, 3.63) is 23.5 Å². The molecule has 1 unspecified atom stereocenters. The van der Waals surface area contributed by atoms with Crippen LogP contribution in [0.2, 0.25) is 0 Å². The van der Waals surface area contributed by atoms with E-state index in [2.05, 4.69) is 4.72 Å². The summed E-state index contributed by atoms with van der Waals surface area (Å²) in [4.78, 5) is -0.128. The van der Waals surface area contributed by atoms with Crippen LogP contribution in [0.5, 0.6) is 0 Å². The van der Waals surface area contributed by atoms with Gasteiger partial charge in [-0.2, -0.15) is 0 Å². The lowest BCUT2D eigenvalue weighted by Gasteiger charge is -2.14. The standard InChI is InChI=1S/C13H21FN2O2S/c1-4-5-6-9(2)16-19(17,18)11-7-12(14)10(3)13(15)8-11/h7-9,16H,4-6,15H2,1-3H3. The fourth-order valence-corrected chi connectivity index (χ4v) is 3.06. The zero-order valence-corrected chi connectivity index (χ0v) is 12.3. The summed E-state index contributed by atoms with van der Waals surface area (Å²) in [6.45, 7) is 5.34. The number of benzene rings is 1. The third-order valence-corrected chi connectivity index (χ3v) is 4.58. The Hall–Kier alpha value is -1.14. The summed E-state index contributed by atoms with van der Waals surface area (Å²) in [6.07, 6.45) is 2.69. The molecular weight excluding hydrogens is 267 g/mol. The lowest BCUT2D eigenvalue weighted by atomic mass is 10.2. The van der Waals surface area contributed by atoms with Gasteiger partial charge >= 0.3 is 0 Å². The van der Waals surface area contributed by atoms with E-state index in [0.29, 0.717) is 0 Å². The normalized spacial score (nSPS) is 13.5. The molecule has 1 aromatic carbocycles. The summed E-state index contributed by atoms with van der Waals surface area (Å²) < 4.78 is 40.2. The van der Waals surface area contributed by atoms with Gasteiger partial charge in [-0.05, 0) is 32.4 Å². The minimum Gasteiger partial charge on any atom is -0.398 e. The Morgan fingerprint density at radius 2 is 2.05 bits per heavy atom. The Labute approximate surface area is 114 Å². The zero-order valence-electron chi connectivity index (χ0n) is 11.5. The van der Waals surface area contributed by atoms with Crippen molar-refractivity contribution in [2.75, 3.05) is 5.73 Å². The molecule has 1 rings (SSSR count). The van der Waals surface area contributed by atoms with Crippen molar-refractivity contribution >= 4 is 15.7 Å². The third kappa shape index (κ3) is 4.18. The molecule has 0 aromatic heterocycles. The second-order valence-corrected chi connectivity index (χ2v) is 6.50. The quantitative estimate of drug-likeness (QED) is 0.790. The Kier molecular flexibility index (Phi) is 5.31. The van der Waals surface area contributed by atoms with Gasteiger partial charge in [0.2, 0.25) is 10.0 Å². The highest BCUT2D eigenvalue weighted by atomic mass is 32.2. The second kappa shape index (κ2) is 6.34. The highest BCUT2D eigenvalue weighted by Crippen LogP contribution is 2.21. The number of nitrogens with two attached hydrogens (primary N) is 1. The SMILES string of the molecule is CCCCC(C)NS(=O)(=O)c1cc(N)c(C)c(F)c1. The smallest absolute Gasteiger partial charge is 0.240 e. The van der Waals surface area contributed by atoms with E-state index in [9.17, 15) is 12.8 Å². The minimum atomic E-state index is -3.72. The first-order chi connectivity index (χ1) is 8.77. The fraction of sp³-hybridized carbons (Fsp3) is 0.538. The van der Waals surface area contributed by atoms with Crippen molar-refractivity contribution in [1.29, 1.82) is 0 Å². The van der Waals surface area contributed by atoms with E-state index in [0.717, 1.165) is 25.3 Å². The molecule has 0 heterocycles. The average molecular weight is 288 g/mol. The number of hydrogen-bond donors (Lipinski definition) is 2. The molecule has 4 nitrogen and oxygen atoms in total. The van der Waals surface area contributed by atoms with Crippen molar-refractivity contribution in [1.82, 2.24) is 4.72 Å². The molecule has 0 aliphatic rings. The van der Waals surface area contributed by atoms with Crippen molar-refractivity contribution in [3.63, 3.8) is 0 Å². The monoisotopic (exact) mass is 288 g/mol. The topological polar surface area (TPSA) is 72.2 Å². The van der Waals surface area contributed by atoms with Gasteiger partial charge in [0, 0.05) is 17.3 Å². The molecule has 0 spiro atoms. The van der Waals surface area contributed by atoms with E-state index in [1.165, 1.54) is 13.0 Å². The van der Waals surface area contributed by atoms with Crippen LogP contribution in [-0.2, 0) is 10.0 Å². The molecule has 0 radical (unpaired) electrons. The minimum absolute atomic E-state index is 0.128. The van der Waals surface area contributed by atoms with Crippen LogP contribution >= 0.6 is 0 Å². The molecule has 0 bridgehead atoms. The Balaban J connectivity index is 2.95. The van der Waals surface area contributed by atoms with Crippen LogP contribution in [0, 0.1) is 12.7 Å². The van der Waals surface area contributed by atoms with Gasteiger partial charge in [-0.15, -0.1) is 0 Å². The molecule has 0 saturated heterocycles. The summed E-state index contributed by atoms with van der Waals surface area (Å²) >= 11 is 0. The van der Waals surface area contributed by atoms with Crippen molar-refractivity contribution < 1.29 is 12.8 Å². The summed E-state index contributed by atoms with van der Waals surface area (Å²) in [5, 5.41) is 0. The van der Waals surface area contributed by atoms with Crippen molar-refractivity contribution in [2.24, 2.45) is 0 Å². The number of sulfonamides is 1. The molecule has 0 amide bonds. The fourth-order valence-electron chi connectivity index (χ4n) is 1.73. The van der Waals surface area contributed by atoms with Crippen LogP contribution in [0.1, 0.15) is 38.7 Å². The molecule has 108 valence electrons. The Morgan fingerprint density at radius 1 is 1.42 bits per heavy atom. The maximum atomic E-state index is 13.5. The summed E-state index contributed by atoms with van der Waals surface area (Å²) in [5.41, 5.74) is 6.00. The second-order valence-electron chi connectivity index (χ2n) is 4.78. The lowest BCUT2D eigenvalue weighted by Crippen LogP contribution is -2.32. The molecule has 3 N–H and O–H groups in total. The molecule has 1 aromatic rings. The predicted octanol–water partition coefficient (Wildman–Crippen LogP) is 2.57. The van der Waals surface area contributed by atoms with Crippen LogP contribution in [-0.4, -0.2) is 14.5 Å². The molecule has 0 aliphatic heterocycles. The van der Waals surface area contributed by atoms with Crippen molar-refractivity contribution in [3.8, 4) is 0 Å². The van der Waals surface area contributed by atoms with Gasteiger partial charge in [0.05, 0.1) is 4.90 Å². The molecule has 0 saturated carbocycles. The number of nitrogens with one attached hydrogen (secondary N) is 1. The van der Waals surface area contributed by atoms with Crippen molar-refractivity contribution in [2.45, 2.75) is 51.0 Å². The van der Waals surface area contributed by atoms with Crippen LogP contribution in [0.3, 0.4) is 0 Å². The van der Waals surface area contributed by atoms with E-state index in [1.807, 2.05) is 6.92 Å². The largest absolute Gasteiger partial charge is 0.398 e. The predicted molar refractivity (Wildman–Crippen MR) is 74.9 cm³/mol. The van der Waals surface area contributed by atoms with Gasteiger partial charge in [0.15, 0.2) is 0 Å². The van der Waals surface area contributed by atoms with E-state index < -0.39 is 15.8 Å². The van der Waals surface area contributed by atoms with Crippen LogP contribution < -0.4 is 10.5 Å². The highest BCUT2D eigenvalue weighted by molar-refractivity contribution is 7.89. The molecule has 6 heteroatoms. The number of rotatable bonds is 6. The Morgan fingerprint density at radius 3 is 2.58 bits per heavy atom. The van der Waals surface area contributed by atoms with Gasteiger partial charge in [0.1, 0.15) is 5.82 Å². The molecular formula is C13H21FN2O2S. The van der Waals surface area contributed by atoms with E-state index >= 15 is 0 Å². The number of unbranched alkanes of at least 4 members (excludes halogenated alkanes) is 1. The first kappa shape index (κ1) is 15.9. The van der Waals surface area contributed by atoms with Crippen LogP contribution in [0.25, 0.3) is 0 Å². The lowest BCUT2D eigenvalue weighted by molar-refractivity contribution is 0.533. The van der Waals surface area contributed by atoms with E-state index in [1.54, 1.807) is 6.92 Å².